The van der Waals surface area contributed by atoms with Crippen LogP contribution in [0.25, 0.3) is 0 Å². The summed E-state index contributed by atoms with van der Waals surface area (Å²) in [5.41, 5.74) is 1.58. The van der Waals surface area contributed by atoms with Crippen LogP contribution in [0.3, 0.4) is 0 Å². The van der Waals surface area contributed by atoms with E-state index in [-0.39, 0.29) is 16.9 Å². The van der Waals surface area contributed by atoms with Crippen molar-refractivity contribution < 1.29 is 19.4 Å². The number of rotatable bonds is 10. The van der Waals surface area contributed by atoms with E-state index >= 15 is 0 Å². The number of ether oxygens (including phenoxy) is 1. The van der Waals surface area contributed by atoms with Gasteiger partial charge in [0.05, 0.1) is 0 Å². The molecule has 0 bridgehead atoms. The molecule has 0 saturated heterocycles. The average Bonchev–Trinajstić information content (AvgIpc) is 3.45. The third-order valence-electron chi connectivity index (χ3n) is 5.74. The van der Waals surface area contributed by atoms with Gasteiger partial charge in [0.1, 0.15) is 0 Å². The number of thiazole rings is 1. The summed E-state index contributed by atoms with van der Waals surface area (Å²) in [7, 11) is 0. The summed E-state index contributed by atoms with van der Waals surface area (Å²) in [5.74, 6) is 1.10. The summed E-state index contributed by atoms with van der Waals surface area (Å²) in [6.07, 6.45) is 5.67. The summed E-state index contributed by atoms with van der Waals surface area (Å²) in [5, 5.41) is 10.7. The SMILES string of the molecule is O=C(O)Cc1csc([AsH]C(=O)C(CC2CCCC2)c2ccc(Oc3ccccc3)cc2)n1. The van der Waals surface area contributed by atoms with Crippen molar-refractivity contribution in [3.8, 4) is 11.5 Å². The normalized spacial score (nSPS) is 15.2. The first-order valence-corrected chi connectivity index (χ1v) is 13.8. The summed E-state index contributed by atoms with van der Waals surface area (Å²) in [6, 6.07) is 17.5. The van der Waals surface area contributed by atoms with Crippen molar-refractivity contribution in [3.05, 3.63) is 71.2 Å². The second-order valence-electron chi connectivity index (χ2n) is 8.13. The molecule has 1 aliphatic rings. The molecule has 166 valence electrons. The summed E-state index contributed by atoms with van der Waals surface area (Å²) in [4.78, 5) is 28.7. The van der Waals surface area contributed by atoms with Crippen molar-refractivity contribution in [2.24, 2.45) is 5.92 Å². The van der Waals surface area contributed by atoms with Gasteiger partial charge in [0.2, 0.25) is 0 Å². The number of hydrogen-bond acceptors (Lipinski definition) is 5. The Balaban J connectivity index is 1.48. The van der Waals surface area contributed by atoms with Crippen molar-refractivity contribution >= 4 is 41.4 Å². The zero-order valence-corrected chi connectivity index (χ0v) is 20.6. The van der Waals surface area contributed by atoms with Crippen LogP contribution >= 0.6 is 11.3 Å². The van der Waals surface area contributed by atoms with Crippen molar-refractivity contribution in [1.29, 1.82) is 0 Å². The van der Waals surface area contributed by atoms with E-state index in [1.807, 2.05) is 54.6 Å². The Labute approximate surface area is 198 Å². The van der Waals surface area contributed by atoms with Gasteiger partial charge in [-0.1, -0.05) is 0 Å². The molecule has 0 spiro atoms. The number of aromatic nitrogens is 1. The first-order chi connectivity index (χ1) is 15.6. The van der Waals surface area contributed by atoms with E-state index in [9.17, 15) is 9.59 Å². The molecular formula is C25H26AsNO4S. The number of carboxylic acid groups (broad SMARTS) is 1. The van der Waals surface area contributed by atoms with Gasteiger partial charge in [-0.3, -0.25) is 0 Å². The molecule has 1 aromatic heterocycles. The Morgan fingerprint density at radius 3 is 2.44 bits per heavy atom. The van der Waals surface area contributed by atoms with Crippen LogP contribution in [0.5, 0.6) is 11.5 Å². The van der Waals surface area contributed by atoms with Gasteiger partial charge < -0.3 is 0 Å². The third-order valence-corrected chi connectivity index (χ3v) is 9.64. The zero-order valence-electron chi connectivity index (χ0n) is 17.7. The van der Waals surface area contributed by atoms with Crippen LogP contribution < -0.4 is 8.53 Å². The van der Waals surface area contributed by atoms with Crippen LogP contribution in [-0.4, -0.2) is 36.4 Å². The Bertz CT molecular complexity index is 1050. The monoisotopic (exact) mass is 511 g/mol. The fraction of sp³-hybridized carbons (Fsp3) is 0.320. The number of para-hydroxylation sites is 1. The van der Waals surface area contributed by atoms with Gasteiger partial charge in [0.25, 0.3) is 0 Å². The molecule has 5 nitrogen and oxygen atoms in total. The van der Waals surface area contributed by atoms with E-state index in [0.717, 1.165) is 27.3 Å². The van der Waals surface area contributed by atoms with Crippen LogP contribution in [0.1, 0.15) is 49.3 Å². The number of aliphatic carboxylic acids is 1. The maximum atomic E-state index is 13.4. The van der Waals surface area contributed by atoms with Gasteiger partial charge in [0.15, 0.2) is 0 Å². The van der Waals surface area contributed by atoms with Gasteiger partial charge in [-0.05, 0) is 0 Å². The quantitative estimate of drug-likeness (QED) is 0.406. The summed E-state index contributed by atoms with van der Waals surface area (Å²) < 4.78 is 6.98. The number of benzene rings is 2. The molecular weight excluding hydrogens is 485 g/mol. The molecule has 1 heterocycles. The minimum atomic E-state index is -1.09. The summed E-state index contributed by atoms with van der Waals surface area (Å²) in [6.45, 7) is 0. The van der Waals surface area contributed by atoms with Crippen molar-refractivity contribution in [3.63, 3.8) is 0 Å². The van der Waals surface area contributed by atoms with Crippen LogP contribution in [0.15, 0.2) is 60.0 Å². The Morgan fingerprint density at radius 2 is 1.75 bits per heavy atom. The maximum absolute atomic E-state index is 13.4. The topological polar surface area (TPSA) is 76.5 Å². The standard InChI is InChI=1S/C25H26AsNO4S/c28-23(29)15-19-16-32-25(27-19)26-24(30)22(14-17-6-4-5-7-17)18-10-12-21(13-11-18)31-20-8-2-1-3-9-20/h1-3,8-13,16-17,22,26H,4-7,14-15H2,(H,28,29). The van der Waals surface area contributed by atoms with Crippen molar-refractivity contribution in [1.82, 2.24) is 4.98 Å². The number of nitrogens with zero attached hydrogens (tertiary/aromatic N) is 1. The van der Waals surface area contributed by atoms with E-state index in [1.165, 1.54) is 37.0 Å². The molecule has 1 aliphatic carbocycles. The second-order valence-corrected chi connectivity index (χ2v) is 12.3. The molecule has 1 saturated carbocycles. The molecule has 32 heavy (non-hydrogen) atoms. The molecule has 2 unspecified atom stereocenters. The van der Waals surface area contributed by atoms with Crippen molar-refractivity contribution in [2.45, 2.75) is 44.4 Å². The van der Waals surface area contributed by atoms with Crippen LogP contribution in [0.2, 0.25) is 0 Å². The average molecular weight is 511 g/mol. The fourth-order valence-electron chi connectivity index (χ4n) is 4.16. The van der Waals surface area contributed by atoms with Crippen LogP contribution in [0.4, 0.5) is 0 Å². The molecule has 0 amide bonds. The predicted octanol–water partition coefficient (Wildman–Crippen LogP) is 4.52. The van der Waals surface area contributed by atoms with E-state index < -0.39 is 21.7 Å². The van der Waals surface area contributed by atoms with E-state index in [1.54, 1.807) is 5.38 Å². The molecule has 4 rings (SSSR count). The van der Waals surface area contributed by atoms with E-state index in [2.05, 4.69) is 4.98 Å². The molecule has 3 aromatic rings. The van der Waals surface area contributed by atoms with Gasteiger partial charge >= 0.3 is 199 Å². The first-order valence-electron chi connectivity index (χ1n) is 10.9. The Hall–Kier alpha value is -2.43. The van der Waals surface area contributed by atoms with Gasteiger partial charge in [-0.15, -0.1) is 0 Å². The number of carboxylic acids is 1. The Morgan fingerprint density at radius 1 is 1.06 bits per heavy atom. The Kier molecular flexibility index (Phi) is 7.77. The predicted molar refractivity (Wildman–Crippen MR) is 128 cm³/mol. The van der Waals surface area contributed by atoms with Crippen LogP contribution in [0, 0.1) is 5.92 Å². The van der Waals surface area contributed by atoms with Crippen molar-refractivity contribution in [2.75, 3.05) is 0 Å². The number of hydrogen-bond donors (Lipinski definition) is 1. The van der Waals surface area contributed by atoms with Crippen LogP contribution in [-0.2, 0) is 16.0 Å². The number of carbonyl (C=O) groups is 2. The van der Waals surface area contributed by atoms with Gasteiger partial charge in [-0.2, -0.15) is 0 Å². The van der Waals surface area contributed by atoms with Gasteiger partial charge in [-0.25, -0.2) is 0 Å². The molecule has 1 N–H and O–H groups in total. The van der Waals surface area contributed by atoms with E-state index in [0.29, 0.717) is 11.6 Å². The second kappa shape index (κ2) is 10.9. The number of carbonyl (C=O) groups excluding carboxylic acids is 1. The molecule has 7 heteroatoms. The van der Waals surface area contributed by atoms with E-state index in [4.69, 9.17) is 9.84 Å². The molecule has 2 aromatic carbocycles. The zero-order chi connectivity index (χ0) is 22.3. The molecule has 1 fully saturated rings. The minimum absolute atomic E-state index is 0.0920. The molecule has 0 aliphatic heterocycles. The molecule has 2 atom stereocenters. The molecule has 0 radical (unpaired) electrons. The fourth-order valence-corrected chi connectivity index (χ4v) is 7.86. The summed E-state index contributed by atoms with van der Waals surface area (Å²) >= 11 is 0.326. The van der Waals surface area contributed by atoms with Gasteiger partial charge in [0, 0.05) is 0 Å². The first kappa shape index (κ1) is 22.8. The third kappa shape index (κ3) is 6.30.